The fourth-order valence-corrected chi connectivity index (χ4v) is 3.94. The van der Waals surface area contributed by atoms with E-state index in [2.05, 4.69) is 27.9 Å². The highest BCUT2D eigenvalue weighted by Crippen LogP contribution is 2.07. The third-order valence-corrected chi connectivity index (χ3v) is 5.74. The Balaban J connectivity index is 1.64. The normalized spacial score (nSPS) is 12.3. The molecule has 3 aromatic rings. The Bertz CT molecular complexity index is 1210. The zero-order chi connectivity index (χ0) is 27.7. The number of nitrogens with zero attached hydrogens (tertiary/aromatic N) is 3. The first-order valence-electron chi connectivity index (χ1n) is 12.8. The van der Waals surface area contributed by atoms with Crippen molar-refractivity contribution < 1.29 is 0 Å². The van der Waals surface area contributed by atoms with Crippen molar-refractivity contribution in [3.05, 3.63) is 143 Å². The number of hydrazine groups is 1. The Morgan fingerprint density at radius 1 is 0.692 bits per heavy atom. The van der Waals surface area contributed by atoms with Gasteiger partial charge in [-0.1, -0.05) is 91.0 Å². The van der Waals surface area contributed by atoms with Crippen LogP contribution in [0.5, 0.6) is 0 Å². The summed E-state index contributed by atoms with van der Waals surface area (Å²) < 4.78 is 0. The van der Waals surface area contributed by atoms with Crippen LogP contribution in [0, 0.1) is 5.53 Å². The summed E-state index contributed by atoms with van der Waals surface area (Å²) in [6.45, 7) is 3.02. The van der Waals surface area contributed by atoms with Crippen molar-refractivity contribution in [2.45, 2.75) is 19.6 Å². The molecule has 0 saturated heterocycles. The second kappa shape index (κ2) is 16.3. The van der Waals surface area contributed by atoms with E-state index in [-0.39, 0.29) is 0 Å². The maximum absolute atomic E-state index is 7.70. The van der Waals surface area contributed by atoms with Gasteiger partial charge in [-0.3, -0.25) is 4.90 Å². The molecule has 9 heteroatoms. The fraction of sp³-hybridized carbons (Fsp3) is 0.200. The van der Waals surface area contributed by atoms with Gasteiger partial charge in [-0.25, -0.2) is 11.4 Å². The van der Waals surface area contributed by atoms with E-state index < -0.39 is 0 Å². The average Bonchev–Trinajstić information content (AvgIpc) is 2.94. The summed E-state index contributed by atoms with van der Waals surface area (Å²) in [5.74, 6) is 6.20. The quantitative estimate of drug-likeness (QED) is 0.0950. The molecule has 0 atom stereocenters. The van der Waals surface area contributed by atoms with E-state index in [1.54, 1.807) is 23.6 Å². The fourth-order valence-electron chi connectivity index (χ4n) is 3.94. The molecule has 3 aromatic carbocycles. The maximum Gasteiger partial charge on any atom is 0.0920 e. The third-order valence-electron chi connectivity index (χ3n) is 5.74. The number of benzene rings is 3. The Hall–Kier alpha value is -4.60. The number of nitrogens with one attached hydrogen (secondary N) is 3. The first kappa shape index (κ1) is 29.0. The Morgan fingerprint density at radius 3 is 1.72 bits per heavy atom. The Morgan fingerprint density at radius 2 is 1.18 bits per heavy atom. The molecule has 0 unspecified atom stereocenters. The van der Waals surface area contributed by atoms with Crippen LogP contribution in [0.3, 0.4) is 0 Å². The van der Waals surface area contributed by atoms with Crippen LogP contribution in [0.1, 0.15) is 16.7 Å². The monoisotopic (exact) mass is 525 g/mol. The van der Waals surface area contributed by atoms with E-state index in [1.165, 1.54) is 0 Å². The van der Waals surface area contributed by atoms with E-state index in [1.807, 2.05) is 83.8 Å². The topological polar surface area (TPSA) is 145 Å². The summed E-state index contributed by atoms with van der Waals surface area (Å²) in [5, 5.41) is 11.8. The molecule has 0 bridgehead atoms. The SMILES string of the molecule is N=N/C(=C\NCc1ccccc1)CN(C/C(N)=C/NCc1ccccc1)C/C(N)=C/N(N)Cc1ccccc1. The van der Waals surface area contributed by atoms with Gasteiger partial charge in [0.15, 0.2) is 0 Å². The molecule has 0 aliphatic carbocycles. The molecule has 39 heavy (non-hydrogen) atoms. The predicted molar refractivity (Wildman–Crippen MR) is 157 cm³/mol. The lowest BCUT2D eigenvalue weighted by Gasteiger charge is -2.24. The standard InChI is InChI=1S/C30H39N9/c31-28(18-35-16-25-10-4-1-5-11-25)21-38(22-29(32)23-39(34)20-27-14-8-3-9-15-27)24-30(37-33)19-36-17-26-12-6-2-7-13-26/h1-15,18-19,23,33,35-36H,16-17,20-22,24,31-32,34H2/b28-18-,29-23-,30-19-,37-33?. The molecule has 0 fully saturated rings. The van der Waals surface area contributed by atoms with Crippen LogP contribution in [0.2, 0.25) is 0 Å². The van der Waals surface area contributed by atoms with E-state index >= 15 is 0 Å². The average molecular weight is 526 g/mol. The summed E-state index contributed by atoms with van der Waals surface area (Å²) >= 11 is 0. The molecular formula is C30H39N9. The van der Waals surface area contributed by atoms with Crippen molar-refractivity contribution in [1.29, 1.82) is 5.53 Å². The van der Waals surface area contributed by atoms with Gasteiger partial charge < -0.3 is 27.1 Å². The second-order valence-electron chi connectivity index (χ2n) is 9.21. The molecular weight excluding hydrogens is 486 g/mol. The van der Waals surface area contributed by atoms with Crippen molar-refractivity contribution in [2.75, 3.05) is 19.6 Å². The number of rotatable bonds is 16. The molecule has 9 N–H and O–H groups in total. The van der Waals surface area contributed by atoms with Crippen LogP contribution in [-0.4, -0.2) is 29.5 Å². The van der Waals surface area contributed by atoms with Crippen molar-refractivity contribution in [1.82, 2.24) is 20.5 Å². The summed E-state index contributed by atoms with van der Waals surface area (Å²) in [7, 11) is 0. The zero-order valence-corrected chi connectivity index (χ0v) is 22.2. The lowest BCUT2D eigenvalue weighted by Crippen LogP contribution is -2.35. The summed E-state index contributed by atoms with van der Waals surface area (Å²) in [4.78, 5) is 2.02. The molecule has 0 spiro atoms. The van der Waals surface area contributed by atoms with E-state index in [0.717, 1.165) is 16.7 Å². The maximum atomic E-state index is 7.70. The van der Waals surface area contributed by atoms with Gasteiger partial charge in [0.25, 0.3) is 0 Å². The molecule has 0 amide bonds. The summed E-state index contributed by atoms with van der Waals surface area (Å²) in [5.41, 5.74) is 25.6. The minimum atomic E-state index is 0.371. The first-order valence-corrected chi connectivity index (χ1v) is 12.8. The first-order chi connectivity index (χ1) is 19.0. The molecule has 9 nitrogen and oxygen atoms in total. The highest BCUT2D eigenvalue weighted by molar-refractivity contribution is 5.17. The molecule has 0 aliphatic heterocycles. The van der Waals surface area contributed by atoms with Gasteiger partial charge >= 0.3 is 0 Å². The lowest BCUT2D eigenvalue weighted by molar-refractivity contribution is 0.331. The Labute approximate surface area is 231 Å². The third kappa shape index (κ3) is 11.5. The number of nitrogens with two attached hydrogens (primary N) is 3. The highest BCUT2D eigenvalue weighted by Gasteiger charge is 2.11. The minimum absolute atomic E-state index is 0.371. The molecule has 204 valence electrons. The molecule has 0 aromatic heterocycles. The molecule has 0 aliphatic rings. The minimum Gasteiger partial charge on any atom is -0.400 e. The molecule has 0 radical (unpaired) electrons. The van der Waals surface area contributed by atoms with Gasteiger partial charge in [0.1, 0.15) is 0 Å². The van der Waals surface area contributed by atoms with Crippen molar-refractivity contribution >= 4 is 0 Å². The Kier molecular flexibility index (Phi) is 12.1. The van der Waals surface area contributed by atoms with Gasteiger partial charge in [-0.15, -0.1) is 0 Å². The van der Waals surface area contributed by atoms with Gasteiger partial charge in [0.2, 0.25) is 0 Å². The predicted octanol–water partition coefficient (Wildman–Crippen LogP) is 3.72. The van der Waals surface area contributed by atoms with Gasteiger partial charge in [0, 0.05) is 62.7 Å². The van der Waals surface area contributed by atoms with Crippen LogP contribution in [0.4, 0.5) is 0 Å². The van der Waals surface area contributed by atoms with E-state index in [9.17, 15) is 0 Å². The zero-order valence-electron chi connectivity index (χ0n) is 22.2. The summed E-state index contributed by atoms with van der Waals surface area (Å²) in [6.07, 6.45) is 5.28. The van der Waals surface area contributed by atoms with Crippen LogP contribution in [0.25, 0.3) is 0 Å². The molecule has 0 heterocycles. The largest absolute Gasteiger partial charge is 0.400 e. The molecule has 0 saturated carbocycles. The van der Waals surface area contributed by atoms with Gasteiger partial charge in [-0.2, -0.15) is 5.11 Å². The molecule has 3 rings (SSSR count). The van der Waals surface area contributed by atoms with Crippen molar-refractivity contribution in [3.63, 3.8) is 0 Å². The van der Waals surface area contributed by atoms with Crippen LogP contribution >= 0.6 is 0 Å². The van der Waals surface area contributed by atoms with Crippen LogP contribution < -0.4 is 27.9 Å². The van der Waals surface area contributed by atoms with Crippen LogP contribution in [-0.2, 0) is 19.6 Å². The highest BCUT2D eigenvalue weighted by atomic mass is 15.4. The lowest BCUT2D eigenvalue weighted by atomic mass is 10.2. The van der Waals surface area contributed by atoms with Crippen molar-refractivity contribution in [3.8, 4) is 0 Å². The van der Waals surface area contributed by atoms with Crippen molar-refractivity contribution in [2.24, 2.45) is 22.4 Å². The van der Waals surface area contributed by atoms with Crippen LogP contribution in [0.15, 0.2) is 132 Å². The number of hydrogen-bond donors (Lipinski definition) is 6. The van der Waals surface area contributed by atoms with Gasteiger partial charge in [0.05, 0.1) is 12.2 Å². The van der Waals surface area contributed by atoms with Gasteiger partial charge in [-0.05, 0) is 16.7 Å². The number of hydrogen-bond acceptors (Lipinski definition) is 9. The van der Waals surface area contributed by atoms with E-state index in [4.69, 9.17) is 22.8 Å². The second-order valence-corrected chi connectivity index (χ2v) is 9.21. The smallest absolute Gasteiger partial charge is 0.0920 e. The van der Waals surface area contributed by atoms with E-state index in [0.29, 0.717) is 56.4 Å². The summed E-state index contributed by atoms with van der Waals surface area (Å²) in [6, 6.07) is 30.1.